The van der Waals surface area contributed by atoms with Crippen LogP contribution in [0.2, 0.25) is 0 Å². The summed E-state index contributed by atoms with van der Waals surface area (Å²) in [5, 5.41) is 27.8. The van der Waals surface area contributed by atoms with Gasteiger partial charge in [0.1, 0.15) is 11.3 Å². The molecule has 4 heterocycles. The average molecular weight is 531 g/mol. The Morgan fingerprint density at radius 1 is 1.08 bits per heavy atom. The Kier molecular flexibility index (Phi) is 10.2. The number of benzene rings is 1. The summed E-state index contributed by atoms with van der Waals surface area (Å²) < 4.78 is 1.73. The number of hydrogen-bond acceptors (Lipinski definition) is 7. The zero-order chi connectivity index (χ0) is 28.6. The van der Waals surface area contributed by atoms with Crippen LogP contribution in [0.5, 0.6) is 5.75 Å². The minimum atomic E-state index is 0.162. The maximum atomic E-state index is 10.5. The molecular weight excluding hydrogens is 488 g/mol. The van der Waals surface area contributed by atoms with Crippen LogP contribution in [0.3, 0.4) is 0 Å². The van der Waals surface area contributed by atoms with E-state index in [4.69, 9.17) is 15.1 Å². The fraction of sp³-hybridized carbons (Fsp3) is 0.419. The number of aliphatic hydroxyl groups is 1. The molecular formula is C31H42N6O2. The van der Waals surface area contributed by atoms with E-state index in [1.54, 1.807) is 29.9 Å². The summed E-state index contributed by atoms with van der Waals surface area (Å²) in [4.78, 5) is 14.0. The molecule has 0 radical (unpaired) electrons. The number of phenols is 1. The Morgan fingerprint density at radius 3 is 2.46 bits per heavy atom. The topological polar surface area (TPSA) is 109 Å². The first-order valence-corrected chi connectivity index (χ1v) is 14.0. The molecule has 1 aromatic carbocycles. The maximum absolute atomic E-state index is 10.5. The van der Waals surface area contributed by atoms with E-state index in [1.165, 1.54) is 18.4 Å². The van der Waals surface area contributed by atoms with E-state index in [-0.39, 0.29) is 11.3 Å². The van der Waals surface area contributed by atoms with Gasteiger partial charge in [0.25, 0.3) is 0 Å². The second kappa shape index (κ2) is 13.3. The van der Waals surface area contributed by atoms with Crippen molar-refractivity contribution in [2.45, 2.75) is 72.8 Å². The number of pyridine rings is 1. The summed E-state index contributed by atoms with van der Waals surface area (Å²) in [7, 11) is 1.86. The third-order valence-corrected chi connectivity index (χ3v) is 6.44. The van der Waals surface area contributed by atoms with Gasteiger partial charge in [-0.1, -0.05) is 40.7 Å². The summed E-state index contributed by atoms with van der Waals surface area (Å²) in [5.74, 6) is 1.37. The van der Waals surface area contributed by atoms with Crippen molar-refractivity contribution in [1.29, 1.82) is 0 Å². The molecule has 39 heavy (non-hydrogen) atoms. The highest BCUT2D eigenvalue weighted by atomic mass is 16.3. The smallest absolute Gasteiger partial charge is 0.155 e. The van der Waals surface area contributed by atoms with Crippen LogP contribution in [0, 0.1) is 0 Å². The SMILES string of the molecule is CC.CC.CC/C=C(\C)O.Cn1cc2cc(-c3ccc4nc(C5=CCNC6(CC6)C5)ncc4n3)c(O)cc2n1. The Labute approximate surface area is 231 Å². The molecule has 208 valence electrons. The first kappa shape index (κ1) is 29.8. The predicted octanol–water partition coefficient (Wildman–Crippen LogP) is 7.10. The van der Waals surface area contributed by atoms with Gasteiger partial charge >= 0.3 is 0 Å². The predicted molar refractivity (Wildman–Crippen MR) is 161 cm³/mol. The number of fused-ring (bicyclic) bond motifs is 2. The quantitative estimate of drug-likeness (QED) is 0.242. The minimum Gasteiger partial charge on any atom is -0.513 e. The van der Waals surface area contributed by atoms with Crippen molar-refractivity contribution in [1.82, 2.24) is 30.0 Å². The molecule has 2 aliphatic rings. The molecule has 0 atom stereocenters. The molecule has 1 saturated carbocycles. The van der Waals surface area contributed by atoms with Gasteiger partial charge in [0, 0.05) is 42.3 Å². The Balaban J connectivity index is 0.000000370. The third kappa shape index (κ3) is 7.20. The summed E-state index contributed by atoms with van der Waals surface area (Å²) >= 11 is 0. The van der Waals surface area contributed by atoms with Gasteiger partial charge in [0.05, 0.1) is 28.7 Å². The van der Waals surface area contributed by atoms with Crippen LogP contribution in [-0.4, -0.2) is 47.0 Å². The van der Waals surface area contributed by atoms with Gasteiger partial charge in [-0.15, -0.1) is 0 Å². The number of aromatic hydroxyl groups is 1. The molecule has 8 heteroatoms. The minimum absolute atomic E-state index is 0.162. The van der Waals surface area contributed by atoms with Gasteiger partial charge in [-0.2, -0.15) is 5.10 Å². The molecule has 6 rings (SSSR count). The number of allylic oxidation sites excluding steroid dienone is 2. The van der Waals surface area contributed by atoms with Gasteiger partial charge in [-0.25, -0.2) is 15.0 Å². The Morgan fingerprint density at radius 2 is 1.82 bits per heavy atom. The van der Waals surface area contributed by atoms with Gasteiger partial charge in [0.15, 0.2) is 5.82 Å². The lowest BCUT2D eigenvalue weighted by atomic mass is 9.99. The van der Waals surface area contributed by atoms with Crippen LogP contribution in [0.1, 0.15) is 73.1 Å². The molecule has 8 nitrogen and oxygen atoms in total. The normalized spacial score (nSPS) is 15.4. The summed E-state index contributed by atoms with van der Waals surface area (Å²) in [6, 6.07) is 7.43. The number of aromatic nitrogens is 5. The van der Waals surface area contributed by atoms with Crippen molar-refractivity contribution in [2.75, 3.05) is 6.54 Å². The number of aryl methyl sites for hydroxylation is 1. The molecule has 1 spiro atoms. The first-order valence-electron chi connectivity index (χ1n) is 14.0. The van der Waals surface area contributed by atoms with Crippen molar-refractivity contribution >= 4 is 27.5 Å². The third-order valence-electron chi connectivity index (χ3n) is 6.44. The number of nitrogens with one attached hydrogen (secondary N) is 1. The monoisotopic (exact) mass is 530 g/mol. The maximum Gasteiger partial charge on any atom is 0.155 e. The highest BCUT2D eigenvalue weighted by Crippen LogP contribution is 2.44. The van der Waals surface area contributed by atoms with Crippen molar-refractivity contribution in [2.24, 2.45) is 7.05 Å². The highest BCUT2D eigenvalue weighted by molar-refractivity contribution is 5.88. The molecule has 0 amide bonds. The number of phenolic OH excluding ortho intramolecular Hbond substituents is 1. The molecule has 0 unspecified atom stereocenters. The summed E-state index contributed by atoms with van der Waals surface area (Å²) in [5.41, 5.74) is 5.14. The van der Waals surface area contributed by atoms with Crippen LogP contribution < -0.4 is 5.32 Å². The lowest BCUT2D eigenvalue weighted by Gasteiger charge is -2.23. The molecule has 1 aliphatic carbocycles. The first-order chi connectivity index (χ1) is 18.9. The van der Waals surface area contributed by atoms with Crippen LogP contribution in [0.25, 0.3) is 38.8 Å². The van der Waals surface area contributed by atoms with E-state index in [0.717, 1.165) is 41.6 Å². The van der Waals surface area contributed by atoms with Gasteiger partial charge < -0.3 is 15.5 Å². The van der Waals surface area contributed by atoms with E-state index in [1.807, 2.05) is 66.1 Å². The molecule has 1 fully saturated rings. The summed E-state index contributed by atoms with van der Waals surface area (Å²) in [6.07, 6.45) is 12.0. The van der Waals surface area contributed by atoms with E-state index in [2.05, 4.69) is 21.5 Å². The molecule has 3 aromatic heterocycles. The number of hydrogen-bond donors (Lipinski definition) is 3. The number of aliphatic hydroxyl groups excluding tert-OH is 1. The van der Waals surface area contributed by atoms with Gasteiger partial charge in [-0.3, -0.25) is 4.68 Å². The second-order valence-electron chi connectivity index (χ2n) is 9.35. The molecule has 4 aromatic rings. The Bertz CT molecular complexity index is 1460. The van der Waals surface area contributed by atoms with Crippen molar-refractivity contribution < 1.29 is 10.2 Å². The number of rotatable bonds is 3. The zero-order valence-corrected chi connectivity index (χ0v) is 24.3. The molecule has 0 saturated heterocycles. The van der Waals surface area contributed by atoms with Crippen molar-refractivity contribution in [3.05, 3.63) is 60.4 Å². The fourth-order valence-electron chi connectivity index (χ4n) is 4.48. The standard InChI is InChI=1S/C22H20N6O.C5H10O.2C2H6/c1-28-12-14-8-15(20(29)9-18(14)27-28)16-2-3-17-19(25-16)11-23-21(26-17)13-4-7-24-22(10-13)5-6-22;1-3-4-5(2)6;2*1-2/h2-4,8-9,11-12,24,29H,5-7,10H2,1H3;4,6H,3H2,1-2H3;2*1-2H3/b;5-4+;;. The largest absolute Gasteiger partial charge is 0.513 e. The van der Waals surface area contributed by atoms with Crippen LogP contribution in [0.4, 0.5) is 0 Å². The van der Waals surface area contributed by atoms with E-state index in [0.29, 0.717) is 22.5 Å². The lowest BCUT2D eigenvalue weighted by Crippen LogP contribution is -2.35. The molecule has 0 bridgehead atoms. The van der Waals surface area contributed by atoms with E-state index < -0.39 is 0 Å². The van der Waals surface area contributed by atoms with Gasteiger partial charge in [0.2, 0.25) is 0 Å². The van der Waals surface area contributed by atoms with Crippen LogP contribution in [-0.2, 0) is 7.05 Å². The Hall–Kier alpha value is -3.78. The van der Waals surface area contributed by atoms with Crippen LogP contribution >= 0.6 is 0 Å². The number of nitrogens with zero attached hydrogens (tertiary/aromatic N) is 5. The fourth-order valence-corrected chi connectivity index (χ4v) is 4.48. The van der Waals surface area contributed by atoms with E-state index >= 15 is 0 Å². The summed E-state index contributed by atoms with van der Waals surface area (Å²) in [6.45, 7) is 12.5. The highest BCUT2D eigenvalue weighted by Gasteiger charge is 2.44. The molecule has 3 N–H and O–H groups in total. The van der Waals surface area contributed by atoms with Crippen LogP contribution in [0.15, 0.2) is 54.6 Å². The van der Waals surface area contributed by atoms with Crippen molar-refractivity contribution in [3.8, 4) is 17.0 Å². The van der Waals surface area contributed by atoms with Crippen molar-refractivity contribution in [3.63, 3.8) is 0 Å². The average Bonchev–Trinajstić information content (AvgIpc) is 3.58. The second-order valence-corrected chi connectivity index (χ2v) is 9.35. The van der Waals surface area contributed by atoms with Gasteiger partial charge in [-0.05, 0) is 62.5 Å². The zero-order valence-electron chi connectivity index (χ0n) is 24.3. The lowest BCUT2D eigenvalue weighted by molar-refractivity contribution is 0.412. The van der Waals surface area contributed by atoms with E-state index in [9.17, 15) is 5.11 Å². The molecule has 1 aliphatic heterocycles.